The molecule has 0 aliphatic rings. The molecular weight excluding hydrogens is 236 g/mol. The highest BCUT2D eigenvalue weighted by Crippen LogP contribution is 2.23. The van der Waals surface area contributed by atoms with E-state index in [2.05, 4.69) is 15.0 Å². The standard InChI is InChI=1S/C12H9ClN4/c13-8-1-2-9-10(6-8)17-12(16-9)7-3-4-15-11(14)5-7/h1-6H,(H2,14,15)(H,16,17). The molecule has 5 heteroatoms. The van der Waals surface area contributed by atoms with E-state index in [1.807, 2.05) is 24.3 Å². The van der Waals surface area contributed by atoms with Gasteiger partial charge in [0.25, 0.3) is 0 Å². The fourth-order valence-corrected chi connectivity index (χ4v) is 1.89. The second-order valence-electron chi connectivity index (χ2n) is 3.72. The molecule has 84 valence electrons. The summed E-state index contributed by atoms with van der Waals surface area (Å²) in [6, 6.07) is 9.17. The molecule has 3 rings (SSSR count). The quantitative estimate of drug-likeness (QED) is 0.692. The Morgan fingerprint density at radius 2 is 2.06 bits per heavy atom. The molecule has 0 fully saturated rings. The van der Waals surface area contributed by atoms with Gasteiger partial charge in [0.1, 0.15) is 11.6 Å². The minimum Gasteiger partial charge on any atom is -0.384 e. The molecule has 0 amide bonds. The van der Waals surface area contributed by atoms with Crippen LogP contribution in [-0.2, 0) is 0 Å². The van der Waals surface area contributed by atoms with Gasteiger partial charge in [-0.25, -0.2) is 9.97 Å². The summed E-state index contributed by atoms with van der Waals surface area (Å²) < 4.78 is 0. The molecule has 0 saturated heterocycles. The molecule has 3 aromatic rings. The van der Waals surface area contributed by atoms with E-state index in [0.29, 0.717) is 10.8 Å². The lowest BCUT2D eigenvalue weighted by Crippen LogP contribution is -1.90. The third-order valence-electron chi connectivity index (χ3n) is 2.50. The smallest absolute Gasteiger partial charge is 0.138 e. The van der Waals surface area contributed by atoms with Crippen molar-refractivity contribution >= 4 is 28.5 Å². The van der Waals surface area contributed by atoms with Gasteiger partial charge in [-0.2, -0.15) is 0 Å². The zero-order chi connectivity index (χ0) is 11.8. The number of aromatic nitrogens is 3. The summed E-state index contributed by atoms with van der Waals surface area (Å²) in [4.78, 5) is 11.6. The maximum absolute atomic E-state index is 5.92. The van der Waals surface area contributed by atoms with E-state index >= 15 is 0 Å². The number of fused-ring (bicyclic) bond motifs is 1. The third-order valence-corrected chi connectivity index (χ3v) is 2.73. The number of hydrogen-bond donors (Lipinski definition) is 2. The Morgan fingerprint density at radius 3 is 2.88 bits per heavy atom. The minimum absolute atomic E-state index is 0.473. The molecule has 2 heterocycles. The molecule has 4 nitrogen and oxygen atoms in total. The monoisotopic (exact) mass is 244 g/mol. The van der Waals surface area contributed by atoms with Gasteiger partial charge < -0.3 is 10.7 Å². The van der Waals surface area contributed by atoms with Gasteiger partial charge in [0, 0.05) is 16.8 Å². The topological polar surface area (TPSA) is 67.6 Å². The lowest BCUT2D eigenvalue weighted by Gasteiger charge is -1.96. The van der Waals surface area contributed by atoms with E-state index in [0.717, 1.165) is 22.4 Å². The molecule has 3 N–H and O–H groups in total. The number of hydrogen-bond acceptors (Lipinski definition) is 3. The number of nitrogens with zero attached hydrogens (tertiary/aromatic N) is 2. The van der Waals surface area contributed by atoms with Gasteiger partial charge in [-0.3, -0.25) is 0 Å². The first-order valence-electron chi connectivity index (χ1n) is 5.09. The number of imidazole rings is 1. The number of anilines is 1. The van der Waals surface area contributed by atoms with Crippen LogP contribution in [0.2, 0.25) is 5.02 Å². The van der Waals surface area contributed by atoms with Crippen LogP contribution in [0, 0.1) is 0 Å². The van der Waals surface area contributed by atoms with Crippen molar-refractivity contribution in [3.63, 3.8) is 0 Å². The maximum Gasteiger partial charge on any atom is 0.138 e. The molecular formula is C12H9ClN4. The maximum atomic E-state index is 5.92. The van der Waals surface area contributed by atoms with E-state index in [9.17, 15) is 0 Å². The average Bonchev–Trinajstić information content (AvgIpc) is 2.72. The van der Waals surface area contributed by atoms with Crippen LogP contribution in [-0.4, -0.2) is 15.0 Å². The van der Waals surface area contributed by atoms with Crippen molar-refractivity contribution < 1.29 is 0 Å². The van der Waals surface area contributed by atoms with Crippen molar-refractivity contribution in [1.29, 1.82) is 0 Å². The summed E-state index contributed by atoms with van der Waals surface area (Å²) in [7, 11) is 0. The summed E-state index contributed by atoms with van der Waals surface area (Å²) in [5.41, 5.74) is 8.33. The van der Waals surface area contributed by atoms with Crippen LogP contribution in [0.3, 0.4) is 0 Å². The third kappa shape index (κ3) is 1.83. The van der Waals surface area contributed by atoms with Crippen LogP contribution >= 0.6 is 11.6 Å². The second-order valence-corrected chi connectivity index (χ2v) is 4.15. The minimum atomic E-state index is 0.473. The highest BCUT2D eigenvalue weighted by atomic mass is 35.5. The van der Waals surface area contributed by atoms with Crippen LogP contribution in [0.5, 0.6) is 0 Å². The zero-order valence-electron chi connectivity index (χ0n) is 8.81. The summed E-state index contributed by atoms with van der Waals surface area (Å²) in [5, 5.41) is 0.682. The Kier molecular flexibility index (Phi) is 2.23. The van der Waals surface area contributed by atoms with Crippen LogP contribution in [0.4, 0.5) is 5.82 Å². The van der Waals surface area contributed by atoms with Gasteiger partial charge in [-0.1, -0.05) is 11.6 Å². The number of aromatic amines is 1. The number of nitrogen functional groups attached to an aromatic ring is 1. The Bertz CT molecular complexity index is 690. The van der Waals surface area contributed by atoms with E-state index < -0.39 is 0 Å². The van der Waals surface area contributed by atoms with E-state index in [-0.39, 0.29) is 0 Å². The van der Waals surface area contributed by atoms with E-state index in [4.69, 9.17) is 17.3 Å². The molecule has 17 heavy (non-hydrogen) atoms. The fourth-order valence-electron chi connectivity index (χ4n) is 1.71. The van der Waals surface area contributed by atoms with E-state index in [1.165, 1.54) is 0 Å². The van der Waals surface area contributed by atoms with Crippen LogP contribution < -0.4 is 5.73 Å². The molecule has 0 saturated carbocycles. The van der Waals surface area contributed by atoms with E-state index in [1.54, 1.807) is 12.3 Å². The Morgan fingerprint density at radius 1 is 1.18 bits per heavy atom. The molecule has 0 unspecified atom stereocenters. The van der Waals surface area contributed by atoms with Crippen molar-refractivity contribution in [2.45, 2.75) is 0 Å². The molecule has 0 radical (unpaired) electrons. The average molecular weight is 245 g/mol. The molecule has 2 aromatic heterocycles. The van der Waals surface area contributed by atoms with Crippen LogP contribution in [0.1, 0.15) is 0 Å². The van der Waals surface area contributed by atoms with Gasteiger partial charge in [-0.05, 0) is 30.3 Å². The molecule has 1 aromatic carbocycles. The number of halogens is 1. The molecule has 0 aliphatic carbocycles. The van der Waals surface area contributed by atoms with Crippen molar-refractivity contribution in [3.8, 4) is 11.4 Å². The number of benzene rings is 1. The highest BCUT2D eigenvalue weighted by molar-refractivity contribution is 6.31. The van der Waals surface area contributed by atoms with Crippen molar-refractivity contribution in [2.75, 3.05) is 5.73 Å². The largest absolute Gasteiger partial charge is 0.384 e. The first kappa shape index (κ1) is 10.1. The van der Waals surface area contributed by atoms with Crippen molar-refractivity contribution in [1.82, 2.24) is 15.0 Å². The Balaban J connectivity index is 2.18. The summed E-state index contributed by atoms with van der Waals surface area (Å²) in [5.74, 6) is 1.23. The molecule has 0 aliphatic heterocycles. The zero-order valence-corrected chi connectivity index (χ0v) is 9.57. The SMILES string of the molecule is Nc1cc(-c2nc3ccc(Cl)cc3[nH]2)ccn1. The van der Waals surface area contributed by atoms with Gasteiger partial charge in [0.05, 0.1) is 11.0 Å². The fraction of sp³-hybridized carbons (Fsp3) is 0. The predicted molar refractivity (Wildman–Crippen MR) is 68.7 cm³/mol. The van der Waals surface area contributed by atoms with Crippen molar-refractivity contribution in [3.05, 3.63) is 41.6 Å². The normalized spacial score (nSPS) is 10.9. The van der Waals surface area contributed by atoms with Gasteiger partial charge in [0.15, 0.2) is 0 Å². The molecule has 0 atom stereocenters. The number of H-pyrrole nitrogens is 1. The number of pyridine rings is 1. The molecule has 0 spiro atoms. The van der Waals surface area contributed by atoms with Crippen molar-refractivity contribution in [2.24, 2.45) is 0 Å². The number of nitrogens with one attached hydrogen (secondary N) is 1. The van der Waals surface area contributed by atoms with Crippen LogP contribution in [0.15, 0.2) is 36.5 Å². The van der Waals surface area contributed by atoms with Crippen LogP contribution in [0.25, 0.3) is 22.4 Å². The summed E-state index contributed by atoms with van der Waals surface area (Å²) in [6.07, 6.45) is 1.66. The highest BCUT2D eigenvalue weighted by Gasteiger charge is 2.05. The number of rotatable bonds is 1. The lowest BCUT2D eigenvalue weighted by atomic mass is 10.2. The summed E-state index contributed by atoms with van der Waals surface area (Å²) in [6.45, 7) is 0. The lowest BCUT2D eigenvalue weighted by molar-refractivity contribution is 1.29. The van der Waals surface area contributed by atoms with Gasteiger partial charge >= 0.3 is 0 Å². The predicted octanol–water partition coefficient (Wildman–Crippen LogP) is 2.86. The van der Waals surface area contributed by atoms with Gasteiger partial charge in [0.2, 0.25) is 0 Å². The Hall–Kier alpha value is -2.07. The Labute approximate surface area is 102 Å². The molecule has 0 bridgehead atoms. The first-order chi connectivity index (χ1) is 8.22. The number of nitrogens with two attached hydrogens (primary N) is 1. The summed E-state index contributed by atoms with van der Waals surface area (Å²) >= 11 is 5.92. The second kappa shape index (κ2) is 3.75. The van der Waals surface area contributed by atoms with Gasteiger partial charge in [-0.15, -0.1) is 0 Å². The first-order valence-corrected chi connectivity index (χ1v) is 5.47.